The third-order valence-electron chi connectivity index (χ3n) is 10.6. The summed E-state index contributed by atoms with van der Waals surface area (Å²) in [4.78, 5) is 46.5. The third-order valence-corrected chi connectivity index (χ3v) is 10.6. The van der Waals surface area contributed by atoms with E-state index >= 15 is 0 Å². The molecule has 3 aliphatic rings. The van der Waals surface area contributed by atoms with Gasteiger partial charge in [0.05, 0.1) is 5.92 Å². The number of carboxylic acid groups (broad SMARTS) is 3. The van der Waals surface area contributed by atoms with Gasteiger partial charge in [-0.1, -0.05) is 24.8 Å². The molecule has 1 saturated heterocycles. The van der Waals surface area contributed by atoms with Crippen LogP contribution in [0.25, 0.3) is 30.4 Å². The first kappa shape index (κ1) is 35.2. The van der Waals surface area contributed by atoms with Crippen LogP contribution in [0.5, 0.6) is 0 Å². The number of nitrogens with one attached hydrogen (secondary N) is 4. The van der Waals surface area contributed by atoms with E-state index in [1.807, 2.05) is 52.0 Å². The van der Waals surface area contributed by atoms with Crippen molar-refractivity contribution in [2.45, 2.75) is 59.7 Å². The molecule has 0 radical (unpaired) electrons. The summed E-state index contributed by atoms with van der Waals surface area (Å²) in [5.41, 5.74) is 8.86. The van der Waals surface area contributed by atoms with Crippen molar-refractivity contribution in [3.63, 3.8) is 0 Å². The first-order chi connectivity index (χ1) is 24.2. The molecular weight excluding hydrogens is 652 g/mol. The lowest BCUT2D eigenvalue weighted by atomic mass is 9.64. The van der Waals surface area contributed by atoms with Gasteiger partial charge in [0.25, 0.3) is 0 Å². The van der Waals surface area contributed by atoms with Crippen molar-refractivity contribution in [2.75, 3.05) is 7.11 Å². The molecule has 0 spiro atoms. The molecule has 3 aromatic heterocycles. The maximum Gasteiger partial charge on any atom is 0.332 e. The number of H-pyrrole nitrogens is 3. The summed E-state index contributed by atoms with van der Waals surface area (Å²) in [6.45, 7) is 11.8. The van der Waals surface area contributed by atoms with E-state index in [4.69, 9.17) is 4.74 Å². The fourth-order valence-electron chi connectivity index (χ4n) is 7.78. The van der Waals surface area contributed by atoms with Crippen molar-refractivity contribution < 1.29 is 39.5 Å². The number of hydrogen-bond acceptors (Lipinski definition) is 6. The number of fused-ring (bicyclic) bond motifs is 11. The molecule has 8 bridgehead atoms. The Morgan fingerprint density at radius 1 is 0.843 bits per heavy atom. The zero-order chi connectivity index (χ0) is 36.9. The second-order valence-corrected chi connectivity index (χ2v) is 13.4. The number of hydrogen-bond donors (Lipinski definition) is 8. The number of aliphatic hydroxyl groups excluding tert-OH is 1. The predicted molar refractivity (Wildman–Crippen MR) is 192 cm³/mol. The Morgan fingerprint density at radius 2 is 1.47 bits per heavy atom. The largest absolute Gasteiger partial charge is 0.481 e. The van der Waals surface area contributed by atoms with Crippen LogP contribution >= 0.6 is 0 Å². The smallest absolute Gasteiger partial charge is 0.332 e. The first-order valence-electron chi connectivity index (χ1n) is 16.7. The van der Waals surface area contributed by atoms with Gasteiger partial charge < -0.3 is 45.4 Å². The van der Waals surface area contributed by atoms with Gasteiger partial charge in [-0.15, -0.1) is 0 Å². The third kappa shape index (κ3) is 6.00. The summed E-state index contributed by atoms with van der Waals surface area (Å²) in [6, 6.07) is 0. The van der Waals surface area contributed by atoms with Crippen LogP contribution in [0.3, 0.4) is 0 Å². The van der Waals surface area contributed by atoms with E-state index in [1.54, 1.807) is 12.2 Å². The molecule has 0 saturated carbocycles. The summed E-state index contributed by atoms with van der Waals surface area (Å²) < 4.78 is 5.39. The second-order valence-electron chi connectivity index (χ2n) is 13.4. The van der Waals surface area contributed by atoms with Gasteiger partial charge in [-0.2, -0.15) is 0 Å². The molecule has 2 aliphatic heterocycles. The van der Waals surface area contributed by atoms with Crippen LogP contribution in [0.15, 0.2) is 41.3 Å². The highest BCUT2D eigenvalue weighted by Gasteiger charge is 2.54. The molecule has 12 heteroatoms. The quantitative estimate of drug-likeness (QED) is 0.146. The molecular formula is C39H42N4O8. The number of aliphatic hydroxyl groups is 1. The molecule has 3 aromatic rings. The molecule has 12 nitrogen and oxygen atoms in total. The fourth-order valence-corrected chi connectivity index (χ4v) is 7.78. The topological polar surface area (TPSA) is 201 Å². The number of rotatable bonds is 10. The van der Waals surface area contributed by atoms with Gasteiger partial charge in [0.1, 0.15) is 0 Å². The highest BCUT2D eigenvalue weighted by Crippen LogP contribution is 2.56. The van der Waals surface area contributed by atoms with E-state index in [0.29, 0.717) is 28.1 Å². The molecule has 8 N–H and O–H groups in total. The van der Waals surface area contributed by atoms with Crippen LogP contribution in [-0.2, 0) is 32.0 Å². The number of aliphatic carboxylic acids is 3. The maximum absolute atomic E-state index is 12.6. The van der Waals surface area contributed by atoms with E-state index in [-0.39, 0.29) is 31.3 Å². The molecule has 3 atom stereocenters. The van der Waals surface area contributed by atoms with Gasteiger partial charge in [-0.05, 0) is 98.2 Å². The lowest BCUT2D eigenvalue weighted by Gasteiger charge is -2.40. The average Bonchev–Trinajstić information content (AvgIpc) is 3.73. The lowest BCUT2D eigenvalue weighted by Crippen LogP contribution is -2.42. The van der Waals surface area contributed by atoms with E-state index in [9.17, 15) is 34.8 Å². The van der Waals surface area contributed by atoms with Crippen LogP contribution in [0, 0.1) is 32.1 Å². The summed E-state index contributed by atoms with van der Waals surface area (Å²) in [5, 5.41) is 45.7. The first-order valence-corrected chi connectivity index (χ1v) is 16.7. The molecule has 3 unspecified atom stereocenters. The number of carbonyl (C=O) groups is 3. The SMILES string of the molecule is C=Cc1c2[nH]c(c1C)C=C1NC(=Cc3[nH]c(c(CCC(=O)O)c3C)C=c3[nH]c(c(C)c3CCC(=O)O)=C2)C2(C)C1=CC=C(C(=O)O)C2C(O)OC. The van der Waals surface area contributed by atoms with Crippen molar-refractivity contribution >= 4 is 48.3 Å². The molecule has 6 rings (SSSR count). The number of allylic oxidation sites excluding steroid dienone is 4. The fraction of sp³-hybridized carbons (Fsp3) is 0.308. The Morgan fingerprint density at radius 3 is 2.10 bits per heavy atom. The van der Waals surface area contributed by atoms with Crippen LogP contribution in [-0.4, -0.2) is 66.7 Å². The number of aromatic amines is 3. The van der Waals surface area contributed by atoms with Crippen LogP contribution in [0.2, 0.25) is 0 Å². The van der Waals surface area contributed by atoms with Gasteiger partial charge in [0.2, 0.25) is 0 Å². The van der Waals surface area contributed by atoms with Crippen LogP contribution in [0.1, 0.15) is 75.9 Å². The summed E-state index contributed by atoms with van der Waals surface area (Å²) in [5.74, 6) is -4.06. The Labute approximate surface area is 294 Å². The van der Waals surface area contributed by atoms with E-state index < -0.39 is 35.5 Å². The Bertz CT molecular complexity index is 2260. The highest BCUT2D eigenvalue weighted by molar-refractivity contribution is 5.90. The zero-order valence-corrected chi connectivity index (χ0v) is 29.2. The number of ether oxygens (including phenoxy) is 1. The van der Waals surface area contributed by atoms with E-state index in [0.717, 1.165) is 55.7 Å². The lowest BCUT2D eigenvalue weighted by molar-refractivity contribution is -0.143. The molecule has 1 aliphatic carbocycles. The van der Waals surface area contributed by atoms with Gasteiger partial charge in [0.15, 0.2) is 6.29 Å². The van der Waals surface area contributed by atoms with Crippen molar-refractivity contribution in [3.8, 4) is 0 Å². The Balaban J connectivity index is 1.72. The van der Waals surface area contributed by atoms with Gasteiger partial charge in [-0.25, -0.2) is 4.79 Å². The zero-order valence-electron chi connectivity index (χ0n) is 29.2. The van der Waals surface area contributed by atoms with Crippen molar-refractivity contribution in [1.29, 1.82) is 0 Å². The Hall–Kier alpha value is -5.59. The predicted octanol–water partition coefficient (Wildman–Crippen LogP) is 3.77. The molecule has 0 amide bonds. The minimum Gasteiger partial charge on any atom is -0.481 e. The number of carboxylic acids is 3. The van der Waals surface area contributed by atoms with Gasteiger partial charge >= 0.3 is 17.9 Å². The minimum absolute atomic E-state index is 0.0109. The standard InChI is InChI=1S/C39H42N4O8/c1-7-21-18(2)27-15-32-25-11-8-24(37(48)49)36(38(50)51-6)39(25,5)33(43-32)17-28-20(4)23(10-13-35(46)47)31(42-28)16-30-22(9-12-34(44)45)19(3)26(41-30)14-29(21)40-27/h7-8,11,14-17,36,38,40-43,50H,1,9-10,12-13H2,2-6H3,(H,44,45)(H,46,47)(H,48,49). The molecule has 1 fully saturated rings. The second kappa shape index (κ2) is 13.3. The minimum atomic E-state index is -1.46. The molecule has 5 heterocycles. The summed E-state index contributed by atoms with van der Waals surface area (Å²) >= 11 is 0. The average molecular weight is 695 g/mol. The Kier molecular flexibility index (Phi) is 9.17. The molecule has 51 heavy (non-hydrogen) atoms. The van der Waals surface area contributed by atoms with E-state index in [2.05, 4.69) is 26.8 Å². The number of methoxy groups -OCH3 is 1. The highest BCUT2D eigenvalue weighted by atomic mass is 16.6. The summed E-state index contributed by atoms with van der Waals surface area (Å²) in [6.07, 6.45) is 11.6. The normalized spacial score (nSPS) is 19.7. The van der Waals surface area contributed by atoms with E-state index in [1.165, 1.54) is 13.2 Å². The van der Waals surface area contributed by atoms with Gasteiger partial charge in [-0.3, -0.25) is 9.59 Å². The van der Waals surface area contributed by atoms with Crippen LogP contribution < -0.4 is 16.0 Å². The maximum atomic E-state index is 12.6. The summed E-state index contributed by atoms with van der Waals surface area (Å²) in [7, 11) is 1.33. The number of aromatic nitrogens is 3. The van der Waals surface area contributed by atoms with Gasteiger partial charge in [0, 0.05) is 81.4 Å². The molecule has 266 valence electrons. The monoisotopic (exact) mass is 694 g/mol. The van der Waals surface area contributed by atoms with Crippen molar-refractivity contribution in [3.05, 3.63) is 108 Å². The van der Waals surface area contributed by atoms with Crippen molar-refractivity contribution in [2.24, 2.45) is 11.3 Å². The molecule has 0 aromatic carbocycles. The van der Waals surface area contributed by atoms with Crippen LogP contribution in [0.4, 0.5) is 0 Å². The van der Waals surface area contributed by atoms with Crippen molar-refractivity contribution in [1.82, 2.24) is 20.3 Å².